The van der Waals surface area contributed by atoms with Crippen LogP contribution in [-0.4, -0.2) is 13.2 Å². The van der Waals surface area contributed by atoms with Crippen molar-refractivity contribution in [3.05, 3.63) is 29.6 Å². The predicted molar refractivity (Wildman–Crippen MR) is 58.1 cm³/mol. The molecule has 15 heavy (non-hydrogen) atoms. The third-order valence-corrected chi connectivity index (χ3v) is 1.96. The molecular formula is C12H14FNO. The summed E-state index contributed by atoms with van der Waals surface area (Å²) in [5.41, 5.74) is 6.21. The maximum Gasteiger partial charge on any atom is 0.165 e. The summed E-state index contributed by atoms with van der Waals surface area (Å²) in [6.07, 6.45) is 6.15. The lowest BCUT2D eigenvalue weighted by Gasteiger charge is -2.10. The maximum absolute atomic E-state index is 13.4. The molecule has 0 radical (unpaired) electrons. The molecule has 80 valence electrons. The fraction of sp³-hybridized carbons (Fsp3) is 0.333. The van der Waals surface area contributed by atoms with Gasteiger partial charge in [0, 0.05) is 6.42 Å². The summed E-state index contributed by atoms with van der Waals surface area (Å²) in [6, 6.07) is 4.82. The van der Waals surface area contributed by atoms with E-state index in [0.29, 0.717) is 26.0 Å². The molecule has 2 nitrogen and oxygen atoms in total. The third kappa shape index (κ3) is 3.26. The molecule has 0 aromatic heterocycles. The van der Waals surface area contributed by atoms with Crippen molar-refractivity contribution in [2.45, 2.75) is 12.8 Å². The maximum atomic E-state index is 13.4. The predicted octanol–water partition coefficient (Wildman–Crippen LogP) is 1.73. The van der Waals surface area contributed by atoms with E-state index in [9.17, 15) is 4.39 Å². The molecule has 0 amide bonds. The average Bonchev–Trinajstić information content (AvgIpc) is 2.23. The zero-order valence-corrected chi connectivity index (χ0v) is 8.50. The summed E-state index contributed by atoms with van der Waals surface area (Å²) >= 11 is 0. The highest BCUT2D eigenvalue weighted by atomic mass is 19.1. The Kier molecular flexibility index (Phi) is 4.65. The molecule has 3 heteroatoms. The van der Waals surface area contributed by atoms with Crippen LogP contribution in [0, 0.1) is 18.2 Å². The molecule has 0 aliphatic rings. The first-order valence-electron chi connectivity index (χ1n) is 4.83. The van der Waals surface area contributed by atoms with Gasteiger partial charge in [0.05, 0.1) is 6.61 Å². The summed E-state index contributed by atoms with van der Waals surface area (Å²) in [5.74, 6) is 2.35. The fourth-order valence-electron chi connectivity index (χ4n) is 1.28. The molecule has 0 spiro atoms. The molecule has 0 aliphatic carbocycles. The Morgan fingerprint density at radius 2 is 2.27 bits per heavy atom. The summed E-state index contributed by atoms with van der Waals surface area (Å²) < 4.78 is 18.7. The van der Waals surface area contributed by atoms with Gasteiger partial charge in [-0.15, -0.1) is 12.3 Å². The van der Waals surface area contributed by atoms with E-state index < -0.39 is 0 Å². The first-order valence-corrected chi connectivity index (χ1v) is 4.83. The normalized spacial score (nSPS) is 9.67. The minimum atomic E-state index is -0.363. The Hall–Kier alpha value is -1.53. The van der Waals surface area contributed by atoms with Gasteiger partial charge < -0.3 is 10.5 Å². The minimum Gasteiger partial charge on any atom is -0.489 e. The van der Waals surface area contributed by atoms with Gasteiger partial charge >= 0.3 is 0 Å². The van der Waals surface area contributed by atoms with Crippen molar-refractivity contribution in [3.8, 4) is 18.1 Å². The van der Waals surface area contributed by atoms with Crippen molar-refractivity contribution in [1.82, 2.24) is 0 Å². The quantitative estimate of drug-likeness (QED) is 0.589. The molecule has 0 unspecified atom stereocenters. The van der Waals surface area contributed by atoms with Crippen LogP contribution in [0.2, 0.25) is 0 Å². The third-order valence-electron chi connectivity index (χ3n) is 1.96. The van der Waals surface area contributed by atoms with Crippen LogP contribution in [0.1, 0.15) is 12.0 Å². The fourth-order valence-corrected chi connectivity index (χ4v) is 1.28. The molecule has 1 rings (SSSR count). The standard InChI is InChI=1S/C12H14FNO/c1-2-3-9-15-12-10(7-8-14)5-4-6-11(12)13/h1,4-6H,3,7-9,14H2. The molecule has 2 N–H and O–H groups in total. The second-order valence-electron chi connectivity index (χ2n) is 3.07. The second-order valence-corrected chi connectivity index (χ2v) is 3.07. The van der Waals surface area contributed by atoms with E-state index in [2.05, 4.69) is 5.92 Å². The van der Waals surface area contributed by atoms with Gasteiger partial charge in [0.25, 0.3) is 0 Å². The highest BCUT2D eigenvalue weighted by Gasteiger charge is 2.08. The van der Waals surface area contributed by atoms with Crippen molar-refractivity contribution in [3.63, 3.8) is 0 Å². The average molecular weight is 207 g/mol. The number of benzene rings is 1. The first kappa shape index (κ1) is 11.5. The zero-order chi connectivity index (χ0) is 11.1. The van der Waals surface area contributed by atoms with Gasteiger partial charge in [-0.3, -0.25) is 0 Å². The van der Waals surface area contributed by atoms with Crippen LogP contribution in [0.5, 0.6) is 5.75 Å². The number of rotatable bonds is 5. The van der Waals surface area contributed by atoms with Crippen LogP contribution in [0.25, 0.3) is 0 Å². The Labute approximate surface area is 89.2 Å². The lowest BCUT2D eigenvalue weighted by atomic mass is 10.1. The molecule has 0 heterocycles. The molecule has 0 fully saturated rings. The molecular weight excluding hydrogens is 193 g/mol. The molecule has 0 saturated heterocycles. The number of hydrogen-bond acceptors (Lipinski definition) is 2. The van der Waals surface area contributed by atoms with E-state index in [1.54, 1.807) is 12.1 Å². The summed E-state index contributed by atoms with van der Waals surface area (Å²) in [7, 11) is 0. The largest absolute Gasteiger partial charge is 0.489 e. The first-order chi connectivity index (χ1) is 7.29. The molecule has 0 bridgehead atoms. The monoisotopic (exact) mass is 207 g/mol. The topological polar surface area (TPSA) is 35.2 Å². The summed E-state index contributed by atoms with van der Waals surface area (Å²) in [4.78, 5) is 0. The number of para-hydroxylation sites is 1. The van der Waals surface area contributed by atoms with E-state index in [0.717, 1.165) is 5.56 Å². The number of ether oxygens (including phenoxy) is 1. The molecule has 0 saturated carbocycles. The Morgan fingerprint density at radius 1 is 1.47 bits per heavy atom. The van der Waals surface area contributed by atoms with Crippen molar-refractivity contribution in [2.75, 3.05) is 13.2 Å². The van der Waals surface area contributed by atoms with Crippen molar-refractivity contribution in [2.24, 2.45) is 5.73 Å². The van der Waals surface area contributed by atoms with Gasteiger partial charge in [0.2, 0.25) is 0 Å². The van der Waals surface area contributed by atoms with Gasteiger partial charge in [-0.25, -0.2) is 4.39 Å². The van der Waals surface area contributed by atoms with Crippen LogP contribution >= 0.6 is 0 Å². The second kappa shape index (κ2) is 6.05. The number of terminal acetylenes is 1. The lowest BCUT2D eigenvalue weighted by molar-refractivity contribution is 0.306. The Balaban J connectivity index is 2.78. The van der Waals surface area contributed by atoms with Gasteiger partial charge in [-0.05, 0) is 24.6 Å². The number of halogens is 1. The van der Waals surface area contributed by atoms with Crippen LogP contribution in [0.4, 0.5) is 4.39 Å². The van der Waals surface area contributed by atoms with E-state index in [-0.39, 0.29) is 11.6 Å². The molecule has 0 aliphatic heterocycles. The van der Waals surface area contributed by atoms with Crippen LogP contribution < -0.4 is 10.5 Å². The van der Waals surface area contributed by atoms with Gasteiger partial charge in [-0.1, -0.05) is 12.1 Å². The van der Waals surface area contributed by atoms with Crippen molar-refractivity contribution >= 4 is 0 Å². The number of nitrogens with two attached hydrogens (primary N) is 1. The Morgan fingerprint density at radius 3 is 2.93 bits per heavy atom. The smallest absolute Gasteiger partial charge is 0.165 e. The lowest BCUT2D eigenvalue weighted by Crippen LogP contribution is -2.07. The van der Waals surface area contributed by atoms with Gasteiger partial charge in [-0.2, -0.15) is 0 Å². The SMILES string of the molecule is C#CCCOc1c(F)cccc1CCN. The van der Waals surface area contributed by atoms with Crippen LogP contribution in [0.3, 0.4) is 0 Å². The zero-order valence-electron chi connectivity index (χ0n) is 8.50. The highest BCUT2D eigenvalue weighted by molar-refractivity contribution is 5.35. The minimum absolute atomic E-state index is 0.276. The summed E-state index contributed by atoms with van der Waals surface area (Å²) in [5, 5.41) is 0. The van der Waals surface area contributed by atoms with E-state index in [1.807, 2.05) is 0 Å². The van der Waals surface area contributed by atoms with Gasteiger partial charge in [0.15, 0.2) is 11.6 Å². The Bertz CT molecular complexity index is 357. The molecule has 0 atom stereocenters. The molecule has 1 aromatic rings. The van der Waals surface area contributed by atoms with Gasteiger partial charge in [0.1, 0.15) is 0 Å². The van der Waals surface area contributed by atoms with E-state index >= 15 is 0 Å². The number of hydrogen-bond donors (Lipinski definition) is 1. The van der Waals surface area contributed by atoms with Crippen LogP contribution in [-0.2, 0) is 6.42 Å². The molecule has 1 aromatic carbocycles. The van der Waals surface area contributed by atoms with Crippen molar-refractivity contribution < 1.29 is 9.13 Å². The van der Waals surface area contributed by atoms with E-state index in [4.69, 9.17) is 16.9 Å². The summed E-state index contributed by atoms with van der Waals surface area (Å²) in [6.45, 7) is 0.796. The van der Waals surface area contributed by atoms with Crippen molar-refractivity contribution in [1.29, 1.82) is 0 Å². The highest BCUT2D eigenvalue weighted by Crippen LogP contribution is 2.22. The van der Waals surface area contributed by atoms with Crippen LogP contribution in [0.15, 0.2) is 18.2 Å². The van der Waals surface area contributed by atoms with E-state index in [1.165, 1.54) is 6.07 Å².